The Morgan fingerprint density at radius 2 is 1.45 bits per heavy atom. The standard InChI is InChI=1S/C23H20N2O2S2/c26-22(16-6-2-1-3-7-16)24-10-12-25(13-11-24)23(27)20-14-17-15-28-19-9-5-4-8-18(19)21(17)29-20/h1-9,14H,10-13,15H2. The number of nitrogens with zero attached hydrogens (tertiary/aromatic N) is 2. The molecule has 5 rings (SSSR count). The van der Waals surface area contributed by atoms with Crippen molar-refractivity contribution >= 4 is 34.9 Å². The van der Waals surface area contributed by atoms with Crippen molar-refractivity contribution in [2.45, 2.75) is 10.6 Å². The molecule has 0 radical (unpaired) electrons. The number of hydrogen-bond acceptors (Lipinski definition) is 4. The lowest BCUT2D eigenvalue weighted by molar-refractivity contribution is 0.0538. The van der Waals surface area contributed by atoms with Crippen LogP contribution in [0.1, 0.15) is 25.6 Å². The summed E-state index contributed by atoms with van der Waals surface area (Å²) in [7, 11) is 0. The van der Waals surface area contributed by atoms with Crippen LogP contribution in [0.25, 0.3) is 10.4 Å². The monoisotopic (exact) mass is 420 g/mol. The molecule has 0 spiro atoms. The largest absolute Gasteiger partial charge is 0.335 e. The summed E-state index contributed by atoms with van der Waals surface area (Å²) in [6, 6.07) is 19.8. The molecular formula is C23H20N2O2S2. The van der Waals surface area contributed by atoms with Crippen molar-refractivity contribution in [3.63, 3.8) is 0 Å². The maximum absolute atomic E-state index is 13.1. The summed E-state index contributed by atoms with van der Waals surface area (Å²) in [5, 5.41) is 0. The summed E-state index contributed by atoms with van der Waals surface area (Å²) in [5.41, 5.74) is 3.19. The van der Waals surface area contributed by atoms with Gasteiger partial charge in [-0.15, -0.1) is 23.1 Å². The van der Waals surface area contributed by atoms with Crippen LogP contribution in [0.3, 0.4) is 0 Å². The first-order valence-corrected chi connectivity index (χ1v) is 11.5. The fraction of sp³-hybridized carbons (Fsp3) is 0.217. The Bertz CT molecular complexity index is 1070. The molecule has 3 heterocycles. The molecule has 0 aliphatic carbocycles. The summed E-state index contributed by atoms with van der Waals surface area (Å²) < 4.78 is 0. The summed E-state index contributed by atoms with van der Waals surface area (Å²) in [6.07, 6.45) is 0. The molecule has 1 aromatic heterocycles. The van der Waals surface area contributed by atoms with Gasteiger partial charge in [-0.3, -0.25) is 9.59 Å². The van der Waals surface area contributed by atoms with E-state index >= 15 is 0 Å². The van der Waals surface area contributed by atoms with Crippen LogP contribution in [0.15, 0.2) is 65.6 Å². The van der Waals surface area contributed by atoms with Gasteiger partial charge in [-0.1, -0.05) is 36.4 Å². The summed E-state index contributed by atoms with van der Waals surface area (Å²) in [5.74, 6) is 1.03. The fourth-order valence-electron chi connectivity index (χ4n) is 3.84. The van der Waals surface area contributed by atoms with Crippen molar-refractivity contribution in [2.24, 2.45) is 0 Å². The molecule has 0 atom stereocenters. The van der Waals surface area contributed by atoms with E-state index in [1.165, 1.54) is 20.9 Å². The normalized spacial score (nSPS) is 15.6. The zero-order valence-corrected chi connectivity index (χ0v) is 17.5. The number of fused-ring (bicyclic) bond motifs is 3. The van der Waals surface area contributed by atoms with Gasteiger partial charge in [0, 0.05) is 52.8 Å². The molecule has 6 heteroatoms. The van der Waals surface area contributed by atoms with Gasteiger partial charge in [0.05, 0.1) is 4.88 Å². The molecule has 2 amide bonds. The second-order valence-electron chi connectivity index (χ2n) is 7.20. The maximum Gasteiger partial charge on any atom is 0.264 e. The Morgan fingerprint density at radius 3 is 2.21 bits per heavy atom. The van der Waals surface area contributed by atoms with E-state index in [4.69, 9.17) is 0 Å². The van der Waals surface area contributed by atoms with Gasteiger partial charge >= 0.3 is 0 Å². The van der Waals surface area contributed by atoms with Gasteiger partial charge in [0.25, 0.3) is 11.8 Å². The number of thioether (sulfide) groups is 1. The molecule has 0 saturated carbocycles. The lowest BCUT2D eigenvalue weighted by Gasteiger charge is -2.34. The Labute approximate surface area is 178 Å². The first-order chi connectivity index (χ1) is 14.2. The van der Waals surface area contributed by atoms with Crippen LogP contribution >= 0.6 is 23.1 Å². The molecule has 0 unspecified atom stereocenters. The molecule has 29 heavy (non-hydrogen) atoms. The lowest BCUT2D eigenvalue weighted by Crippen LogP contribution is -2.50. The molecule has 2 aliphatic rings. The molecule has 4 nitrogen and oxygen atoms in total. The smallest absolute Gasteiger partial charge is 0.264 e. The van der Waals surface area contributed by atoms with Crippen LogP contribution in [0.4, 0.5) is 0 Å². The van der Waals surface area contributed by atoms with Crippen LogP contribution in [-0.4, -0.2) is 47.8 Å². The Morgan fingerprint density at radius 1 is 0.793 bits per heavy atom. The van der Waals surface area contributed by atoms with E-state index in [1.54, 1.807) is 11.3 Å². The first kappa shape index (κ1) is 18.5. The second-order valence-corrected chi connectivity index (χ2v) is 9.27. The van der Waals surface area contributed by atoms with Crippen LogP contribution in [0, 0.1) is 0 Å². The molecule has 0 N–H and O–H groups in total. The van der Waals surface area contributed by atoms with Crippen molar-refractivity contribution in [2.75, 3.05) is 26.2 Å². The minimum atomic E-state index is 0.0397. The number of thiophene rings is 1. The van der Waals surface area contributed by atoms with Crippen LogP contribution in [0.2, 0.25) is 0 Å². The van der Waals surface area contributed by atoms with Gasteiger partial charge in [-0.05, 0) is 29.8 Å². The molecule has 146 valence electrons. The zero-order chi connectivity index (χ0) is 19.8. The van der Waals surface area contributed by atoms with Crippen molar-refractivity contribution in [3.05, 3.63) is 76.7 Å². The van der Waals surface area contributed by atoms with E-state index in [0.717, 1.165) is 10.6 Å². The van der Waals surface area contributed by atoms with E-state index in [2.05, 4.69) is 30.3 Å². The van der Waals surface area contributed by atoms with Crippen molar-refractivity contribution in [1.29, 1.82) is 0 Å². The van der Waals surface area contributed by atoms with Crippen molar-refractivity contribution in [3.8, 4) is 10.4 Å². The number of amides is 2. The van der Waals surface area contributed by atoms with Gasteiger partial charge in [0.2, 0.25) is 0 Å². The van der Waals surface area contributed by atoms with Gasteiger partial charge in [-0.2, -0.15) is 0 Å². The quantitative estimate of drug-likeness (QED) is 0.607. The van der Waals surface area contributed by atoms with Gasteiger partial charge in [0.15, 0.2) is 0 Å². The minimum Gasteiger partial charge on any atom is -0.335 e. The van der Waals surface area contributed by atoms with Gasteiger partial charge in [0.1, 0.15) is 0 Å². The maximum atomic E-state index is 13.1. The molecular weight excluding hydrogens is 400 g/mol. The minimum absolute atomic E-state index is 0.0397. The van der Waals surface area contributed by atoms with Crippen LogP contribution in [0.5, 0.6) is 0 Å². The number of benzene rings is 2. The number of hydrogen-bond donors (Lipinski definition) is 0. The zero-order valence-electron chi connectivity index (χ0n) is 15.8. The highest BCUT2D eigenvalue weighted by Crippen LogP contribution is 2.45. The number of rotatable bonds is 2. The Balaban J connectivity index is 1.29. The predicted molar refractivity (Wildman–Crippen MR) is 118 cm³/mol. The topological polar surface area (TPSA) is 40.6 Å². The molecule has 0 bridgehead atoms. The molecule has 3 aromatic rings. The van der Waals surface area contributed by atoms with Crippen LogP contribution < -0.4 is 0 Å². The number of piperazine rings is 1. The second kappa shape index (κ2) is 7.69. The third-order valence-electron chi connectivity index (χ3n) is 5.41. The van der Waals surface area contributed by atoms with E-state index in [1.807, 2.05) is 51.9 Å². The fourth-order valence-corrected chi connectivity index (χ4v) is 6.22. The average molecular weight is 421 g/mol. The molecule has 2 aromatic carbocycles. The highest BCUT2D eigenvalue weighted by atomic mass is 32.2. The summed E-state index contributed by atoms with van der Waals surface area (Å²) >= 11 is 3.43. The van der Waals surface area contributed by atoms with E-state index in [9.17, 15) is 9.59 Å². The summed E-state index contributed by atoms with van der Waals surface area (Å²) in [6.45, 7) is 2.29. The number of carbonyl (C=O) groups excluding carboxylic acids is 2. The molecule has 1 fully saturated rings. The summed E-state index contributed by atoms with van der Waals surface area (Å²) in [4.78, 5) is 32.7. The highest BCUT2D eigenvalue weighted by molar-refractivity contribution is 7.98. The third kappa shape index (κ3) is 3.47. The molecule has 1 saturated heterocycles. The van der Waals surface area contributed by atoms with Gasteiger partial charge in [-0.25, -0.2) is 0 Å². The lowest BCUT2D eigenvalue weighted by atomic mass is 10.1. The number of carbonyl (C=O) groups is 2. The first-order valence-electron chi connectivity index (χ1n) is 9.69. The molecule has 2 aliphatic heterocycles. The highest BCUT2D eigenvalue weighted by Gasteiger charge is 2.28. The Kier molecular flexibility index (Phi) is 4.89. The third-order valence-corrected chi connectivity index (χ3v) is 7.73. The van der Waals surface area contributed by atoms with E-state index in [0.29, 0.717) is 31.7 Å². The van der Waals surface area contributed by atoms with Crippen LogP contribution in [-0.2, 0) is 5.75 Å². The van der Waals surface area contributed by atoms with E-state index < -0.39 is 0 Å². The van der Waals surface area contributed by atoms with Gasteiger partial charge < -0.3 is 9.80 Å². The SMILES string of the molecule is O=C(c1ccccc1)N1CCN(C(=O)c2cc3c(s2)-c2ccccc2SC3)CC1. The van der Waals surface area contributed by atoms with E-state index in [-0.39, 0.29) is 11.8 Å². The Hall–Kier alpha value is -2.57. The van der Waals surface area contributed by atoms with Crippen molar-refractivity contribution < 1.29 is 9.59 Å². The predicted octanol–water partition coefficient (Wildman–Crippen LogP) is 4.62. The average Bonchev–Trinajstić information content (AvgIpc) is 3.24. The van der Waals surface area contributed by atoms with Crippen molar-refractivity contribution in [1.82, 2.24) is 9.80 Å².